The molecule has 0 aromatic heterocycles. The van der Waals surface area contributed by atoms with Crippen molar-refractivity contribution in [3.63, 3.8) is 0 Å². The lowest BCUT2D eigenvalue weighted by molar-refractivity contribution is 0.102. The Kier molecular flexibility index (Phi) is 6.19. The number of hydrogen-bond donors (Lipinski definition) is 1. The van der Waals surface area contributed by atoms with Crippen molar-refractivity contribution in [2.45, 2.75) is 6.42 Å². The third-order valence-corrected chi connectivity index (χ3v) is 3.25. The molecule has 0 spiro atoms. The first-order valence-electron chi connectivity index (χ1n) is 6.90. The van der Waals surface area contributed by atoms with Crippen LogP contribution in [0.1, 0.15) is 11.1 Å². The molecule has 0 saturated carbocycles. The van der Waals surface area contributed by atoms with Crippen LogP contribution in [0.15, 0.2) is 54.6 Å². The fourth-order valence-electron chi connectivity index (χ4n) is 1.87. The summed E-state index contributed by atoms with van der Waals surface area (Å²) >= 11 is 4.90. The fraction of sp³-hybridized carbons (Fsp3) is 0.235. The van der Waals surface area contributed by atoms with Gasteiger partial charge in [0.15, 0.2) is 0 Å². The highest BCUT2D eigenvalue weighted by molar-refractivity contribution is 7.80. The second kappa shape index (κ2) is 8.39. The van der Waals surface area contributed by atoms with Crippen LogP contribution < -0.4 is 10.5 Å². The van der Waals surface area contributed by atoms with Crippen molar-refractivity contribution in [1.82, 2.24) is 0 Å². The Morgan fingerprint density at radius 2 is 1.62 bits per heavy atom. The molecule has 0 atom stereocenters. The van der Waals surface area contributed by atoms with Crippen molar-refractivity contribution in [3.05, 3.63) is 65.7 Å². The van der Waals surface area contributed by atoms with Gasteiger partial charge in [0.1, 0.15) is 17.3 Å². The number of hydrogen-bond acceptors (Lipinski definition) is 3. The van der Waals surface area contributed by atoms with Crippen molar-refractivity contribution < 1.29 is 9.47 Å². The molecule has 2 aromatic rings. The molecule has 4 heteroatoms. The van der Waals surface area contributed by atoms with Gasteiger partial charge in [0, 0.05) is 5.56 Å². The lowest BCUT2D eigenvalue weighted by Crippen LogP contribution is -2.10. The van der Waals surface area contributed by atoms with Crippen LogP contribution in [-0.4, -0.2) is 24.8 Å². The minimum atomic E-state index is 0.394. The van der Waals surface area contributed by atoms with E-state index in [1.807, 2.05) is 42.5 Å². The molecule has 0 amide bonds. The highest BCUT2D eigenvalue weighted by Gasteiger charge is 1.98. The summed E-state index contributed by atoms with van der Waals surface area (Å²) in [6.07, 6.45) is 0.920. The maximum atomic E-state index is 5.58. The lowest BCUT2D eigenvalue weighted by atomic mass is 10.2. The normalized spacial score (nSPS) is 10.3. The van der Waals surface area contributed by atoms with E-state index in [-0.39, 0.29) is 0 Å². The van der Waals surface area contributed by atoms with Gasteiger partial charge in [-0.05, 0) is 36.2 Å². The average Bonchev–Trinajstić information content (AvgIpc) is 2.52. The van der Waals surface area contributed by atoms with Gasteiger partial charge in [0.05, 0.1) is 13.2 Å². The summed E-state index contributed by atoms with van der Waals surface area (Å²) in [4.78, 5) is 0.394. The molecule has 21 heavy (non-hydrogen) atoms. The number of ether oxygens (including phenoxy) is 2. The third kappa shape index (κ3) is 5.53. The standard InChI is InChI=1S/C17H19NO2S/c18-17(21)15-6-8-16(9-7-15)20-13-12-19-11-10-14-4-2-1-3-5-14/h1-9H,10-13H2,(H2,18,21). The van der Waals surface area contributed by atoms with Gasteiger partial charge in [0.25, 0.3) is 0 Å². The van der Waals surface area contributed by atoms with Crippen molar-refractivity contribution in [3.8, 4) is 5.75 Å². The van der Waals surface area contributed by atoms with Crippen molar-refractivity contribution >= 4 is 17.2 Å². The van der Waals surface area contributed by atoms with Crippen molar-refractivity contribution in [2.24, 2.45) is 5.73 Å². The number of nitrogens with two attached hydrogens (primary N) is 1. The summed E-state index contributed by atoms with van der Waals surface area (Å²) < 4.78 is 11.1. The molecule has 2 rings (SSSR count). The Morgan fingerprint density at radius 1 is 0.905 bits per heavy atom. The van der Waals surface area contributed by atoms with Crippen molar-refractivity contribution in [2.75, 3.05) is 19.8 Å². The summed E-state index contributed by atoms with van der Waals surface area (Å²) in [7, 11) is 0. The van der Waals surface area contributed by atoms with Gasteiger partial charge in [-0.1, -0.05) is 42.5 Å². The Bertz CT molecular complexity index is 555. The Balaban J connectivity index is 1.60. The molecular weight excluding hydrogens is 282 g/mol. The van der Waals surface area contributed by atoms with E-state index in [1.165, 1.54) is 5.56 Å². The van der Waals surface area contributed by atoms with Crippen LogP contribution in [0.25, 0.3) is 0 Å². The monoisotopic (exact) mass is 301 g/mol. The lowest BCUT2D eigenvalue weighted by Gasteiger charge is -2.08. The van der Waals surface area contributed by atoms with E-state index in [1.54, 1.807) is 0 Å². The van der Waals surface area contributed by atoms with Gasteiger partial charge in [-0.15, -0.1) is 0 Å². The van der Waals surface area contributed by atoms with Gasteiger partial charge in [-0.3, -0.25) is 0 Å². The second-order valence-electron chi connectivity index (χ2n) is 4.59. The molecule has 2 N–H and O–H groups in total. The van der Waals surface area contributed by atoms with Crippen LogP contribution in [0.3, 0.4) is 0 Å². The van der Waals surface area contributed by atoms with Gasteiger partial charge in [0.2, 0.25) is 0 Å². The van der Waals surface area contributed by atoms with Crippen LogP contribution in [0.5, 0.6) is 5.75 Å². The first-order chi connectivity index (χ1) is 10.3. The topological polar surface area (TPSA) is 44.5 Å². The highest BCUT2D eigenvalue weighted by Crippen LogP contribution is 2.11. The molecule has 0 bridgehead atoms. The van der Waals surface area contributed by atoms with Gasteiger partial charge in [-0.25, -0.2) is 0 Å². The minimum Gasteiger partial charge on any atom is -0.491 e. The number of benzene rings is 2. The van der Waals surface area contributed by atoms with Gasteiger partial charge >= 0.3 is 0 Å². The van der Waals surface area contributed by atoms with Crippen molar-refractivity contribution in [1.29, 1.82) is 0 Å². The molecule has 3 nitrogen and oxygen atoms in total. The zero-order valence-corrected chi connectivity index (χ0v) is 12.6. The van der Waals surface area contributed by atoms with E-state index in [2.05, 4.69) is 12.1 Å². The van der Waals surface area contributed by atoms with Crippen LogP contribution in [0.2, 0.25) is 0 Å². The maximum absolute atomic E-state index is 5.58. The summed E-state index contributed by atoms with van der Waals surface area (Å²) in [5.41, 5.74) is 7.67. The van der Waals surface area contributed by atoms with E-state index in [0.29, 0.717) is 24.8 Å². The van der Waals surface area contributed by atoms with E-state index in [9.17, 15) is 0 Å². The van der Waals surface area contributed by atoms with E-state index < -0.39 is 0 Å². The first-order valence-corrected chi connectivity index (χ1v) is 7.31. The Hall–Kier alpha value is -1.91. The Labute approximate surface area is 130 Å². The Morgan fingerprint density at radius 3 is 2.29 bits per heavy atom. The predicted octanol–water partition coefficient (Wildman–Crippen LogP) is 2.96. The first kappa shape index (κ1) is 15.5. The summed E-state index contributed by atoms with van der Waals surface area (Å²) in [5.74, 6) is 0.793. The molecule has 0 aliphatic carbocycles. The number of rotatable bonds is 8. The fourth-order valence-corrected chi connectivity index (χ4v) is 2.01. The molecule has 0 radical (unpaired) electrons. The van der Waals surface area contributed by atoms with Crippen LogP contribution in [-0.2, 0) is 11.2 Å². The van der Waals surface area contributed by atoms with E-state index in [0.717, 1.165) is 17.7 Å². The smallest absolute Gasteiger partial charge is 0.119 e. The molecule has 110 valence electrons. The third-order valence-electron chi connectivity index (χ3n) is 3.01. The van der Waals surface area contributed by atoms with Crippen LogP contribution in [0.4, 0.5) is 0 Å². The zero-order valence-electron chi connectivity index (χ0n) is 11.8. The molecule has 0 saturated heterocycles. The predicted molar refractivity (Wildman–Crippen MR) is 88.8 cm³/mol. The molecule has 0 aliphatic heterocycles. The SMILES string of the molecule is NC(=S)c1ccc(OCCOCCc2ccccc2)cc1. The molecule has 0 unspecified atom stereocenters. The molecular formula is C17H19NO2S. The quantitative estimate of drug-likeness (QED) is 0.601. The minimum absolute atomic E-state index is 0.394. The summed E-state index contributed by atoms with van der Waals surface area (Å²) in [6.45, 7) is 1.80. The molecule has 2 aromatic carbocycles. The van der Waals surface area contributed by atoms with E-state index in [4.69, 9.17) is 27.4 Å². The maximum Gasteiger partial charge on any atom is 0.119 e. The zero-order chi connectivity index (χ0) is 14.9. The highest BCUT2D eigenvalue weighted by atomic mass is 32.1. The largest absolute Gasteiger partial charge is 0.491 e. The second-order valence-corrected chi connectivity index (χ2v) is 5.02. The van der Waals surface area contributed by atoms with Gasteiger partial charge < -0.3 is 15.2 Å². The number of thiocarbonyl (C=S) groups is 1. The van der Waals surface area contributed by atoms with Crippen LogP contribution >= 0.6 is 12.2 Å². The molecule has 0 fully saturated rings. The molecule has 0 heterocycles. The van der Waals surface area contributed by atoms with Crippen LogP contribution in [0, 0.1) is 0 Å². The summed E-state index contributed by atoms with van der Waals surface area (Å²) in [5, 5.41) is 0. The van der Waals surface area contributed by atoms with E-state index >= 15 is 0 Å². The molecule has 0 aliphatic rings. The summed E-state index contributed by atoms with van der Waals surface area (Å²) in [6, 6.07) is 17.7. The van der Waals surface area contributed by atoms with Gasteiger partial charge in [-0.2, -0.15) is 0 Å². The average molecular weight is 301 g/mol.